The molecule has 32 heavy (non-hydrogen) atoms. The lowest BCUT2D eigenvalue weighted by Crippen LogP contribution is -2.51. The molecule has 0 spiro atoms. The van der Waals surface area contributed by atoms with Gasteiger partial charge in [-0.3, -0.25) is 0 Å². The molecule has 7 nitrogen and oxygen atoms in total. The average Bonchev–Trinajstić information content (AvgIpc) is 2.77. The lowest BCUT2D eigenvalue weighted by atomic mass is 9.62. The minimum atomic E-state index is -1.82. The quantitative estimate of drug-likeness (QED) is 0.486. The maximum absolute atomic E-state index is 10.3. The number of nitrogens with one attached hydrogen (secondary N) is 1. The molecule has 1 aliphatic rings. The molecule has 3 rings (SSSR count). The Morgan fingerprint density at radius 2 is 1.56 bits per heavy atom. The monoisotopic (exact) mass is 443 g/mol. The van der Waals surface area contributed by atoms with Crippen LogP contribution < -0.4 is 5.32 Å². The van der Waals surface area contributed by atoms with Crippen molar-refractivity contribution in [1.29, 1.82) is 0 Å². The first-order chi connectivity index (χ1) is 15.2. The Bertz CT molecular complexity index is 843. The van der Waals surface area contributed by atoms with E-state index in [1.807, 2.05) is 6.07 Å². The third-order valence-electron chi connectivity index (χ3n) is 5.88. The fourth-order valence-corrected chi connectivity index (χ4v) is 4.43. The number of hydrogen-bond donors (Lipinski definition) is 4. The van der Waals surface area contributed by atoms with Gasteiger partial charge in [-0.15, -0.1) is 0 Å². The van der Waals surface area contributed by atoms with Gasteiger partial charge in [0.1, 0.15) is 0 Å². The molecule has 1 heterocycles. The molecule has 0 amide bonds. The van der Waals surface area contributed by atoms with Gasteiger partial charge in [0.15, 0.2) is 0 Å². The number of rotatable bonds is 7. The summed E-state index contributed by atoms with van der Waals surface area (Å²) in [6.45, 7) is 6.84. The van der Waals surface area contributed by atoms with Gasteiger partial charge in [-0.05, 0) is 37.8 Å². The van der Waals surface area contributed by atoms with E-state index in [2.05, 4.69) is 73.8 Å². The number of carboxylic acids is 2. The van der Waals surface area contributed by atoms with E-state index >= 15 is 0 Å². The topological polar surface area (TPSA) is 116 Å². The van der Waals surface area contributed by atoms with Crippen LogP contribution in [-0.4, -0.2) is 52.6 Å². The van der Waals surface area contributed by atoms with Crippen molar-refractivity contribution in [2.45, 2.75) is 44.2 Å². The minimum absolute atomic E-state index is 0.0680. The molecule has 0 aromatic heterocycles. The molecule has 174 valence electrons. The predicted octanol–water partition coefficient (Wildman–Crippen LogP) is 3.07. The molecular formula is C25H33NO6. The van der Waals surface area contributed by atoms with Crippen LogP contribution in [0.5, 0.6) is 0 Å². The van der Waals surface area contributed by atoms with E-state index in [4.69, 9.17) is 24.5 Å². The number of hydrogen-bond acceptors (Lipinski definition) is 5. The van der Waals surface area contributed by atoms with Gasteiger partial charge in [-0.25, -0.2) is 9.59 Å². The first-order valence-electron chi connectivity index (χ1n) is 10.7. The number of aliphatic hydroxyl groups is 1. The average molecular weight is 444 g/mol. The molecular weight excluding hydrogens is 410 g/mol. The molecule has 2 atom stereocenters. The zero-order valence-electron chi connectivity index (χ0n) is 18.7. The molecule has 7 heteroatoms. The maximum atomic E-state index is 10.3. The highest BCUT2D eigenvalue weighted by Crippen LogP contribution is 2.46. The van der Waals surface area contributed by atoms with Crippen molar-refractivity contribution in [3.8, 4) is 0 Å². The third kappa shape index (κ3) is 7.15. The molecule has 2 aromatic rings. The van der Waals surface area contributed by atoms with Crippen molar-refractivity contribution in [1.82, 2.24) is 5.32 Å². The summed E-state index contributed by atoms with van der Waals surface area (Å²) in [6, 6.07) is 21.1. The summed E-state index contributed by atoms with van der Waals surface area (Å²) in [5, 5.41) is 28.6. The molecule has 0 aliphatic carbocycles. The van der Waals surface area contributed by atoms with Crippen molar-refractivity contribution in [3.05, 3.63) is 71.8 Å². The number of carboxylic acid groups (broad SMARTS) is 2. The zero-order chi connectivity index (χ0) is 23.6. The second kappa shape index (κ2) is 11.8. The number of aliphatic hydroxyl groups excluding tert-OH is 1. The van der Waals surface area contributed by atoms with E-state index in [9.17, 15) is 5.11 Å². The van der Waals surface area contributed by atoms with Gasteiger partial charge in [-0.1, -0.05) is 60.7 Å². The molecule has 0 saturated carbocycles. The van der Waals surface area contributed by atoms with Gasteiger partial charge >= 0.3 is 11.9 Å². The summed E-state index contributed by atoms with van der Waals surface area (Å²) in [5.41, 5.74) is 2.34. The second-order valence-electron chi connectivity index (χ2n) is 8.66. The predicted molar refractivity (Wildman–Crippen MR) is 121 cm³/mol. The Morgan fingerprint density at radius 3 is 2.06 bits per heavy atom. The molecule has 1 saturated heterocycles. The Balaban J connectivity index is 0.000000534. The molecule has 2 unspecified atom stereocenters. The van der Waals surface area contributed by atoms with Crippen LogP contribution in [0.15, 0.2) is 60.7 Å². The van der Waals surface area contributed by atoms with Crippen molar-refractivity contribution < 1.29 is 29.6 Å². The van der Waals surface area contributed by atoms with Crippen LogP contribution in [0.1, 0.15) is 37.8 Å². The molecule has 2 aromatic carbocycles. The highest BCUT2D eigenvalue weighted by molar-refractivity contribution is 6.27. The first-order valence-corrected chi connectivity index (χ1v) is 10.7. The van der Waals surface area contributed by atoms with E-state index in [0.29, 0.717) is 0 Å². The number of carbonyl (C=O) groups is 2. The number of benzene rings is 2. The van der Waals surface area contributed by atoms with Crippen LogP contribution in [0.4, 0.5) is 0 Å². The lowest BCUT2D eigenvalue weighted by molar-refractivity contribution is -0.159. The van der Waals surface area contributed by atoms with Crippen molar-refractivity contribution >= 4 is 11.9 Å². The number of ether oxygens (including phenoxy) is 1. The van der Waals surface area contributed by atoms with E-state index in [1.165, 1.54) is 11.1 Å². The first kappa shape index (κ1) is 25.5. The molecule has 4 N–H and O–H groups in total. The van der Waals surface area contributed by atoms with Crippen LogP contribution in [0, 0.1) is 5.92 Å². The van der Waals surface area contributed by atoms with Gasteiger partial charge in [0.25, 0.3) is 0 Å². The molecule has 1 fully saturated rings. The number of aliphatic carboxylic acids is 2. The van der Waals surface area contributed by atoms with E-state index in [0.717, 1.165) is 32.5 Å². The van der Waals surface area contributed by atoms with Gasteiger partial charge in [-0.2, -0.15) is 0 Å². The van der Waals surface area contributed by atoms with Crippen molar-refractivity contribution in [2.75, 3.05) is 19.8 Å². The second-order valence-corrected chi connectivity index (χ2v) is 8.66. The van der Waals surface area contributed by atoms with Crippen LogP contribution in [-0.2, 0) is 26.3 Å². The van der Waals surface area contributed by atoms with Crippen molar-refractivity contribution in [2.24, 2.45) is 5.92 Å². The minimum Gasteiger partial charge on any atom is -0.473 e. The summed E-state index contributed by atoms with van der Waals surface area (Å²) in [6.07, 6.45) is 1.86. The van der Waals surface area contributed by atoms with Gasteiger partial charge < -0.3 is 25.4 Å². The summed E-state index contributed by atoms with van der Waals surface area (Å²) >= 11 is 0. The van der Waals surface area contributed by atoms with E-state index < -0.39 is 11.9 Å². The Morgan fingerprint density at radius 1 is 1.00 bits per heavy atom. The Kier molecular flexibility index (Phi) is 9.38. The molecule has 0 radical (unpaired) electrons. The summed E-state index contributed by atoms with van der Waals surface area (Å²) in [5.74, 6) is -3.50. The summed E-state index contributed by atoms with van der Waals surface area (Å²) < 4.78 is 6.01. The SMILES string of the molecule is CC1(C)CC(c2ccccc2)(C(CO)CNCc2ccccc2)CCO1.O=C(O)C(=O)O. The fraction of sp³-hybridized carbons (Fsp3) is 0.440. The highest BCUT2D eigenvalue weighted by atomic mass is 16.5. The fourth-order valence-electron chi connectivity index (χ4n) is 4.43. The molecule has 0 bridgehead atoms. The normalized spacial score (nSPS) is 20.5. The van der Waals surface area contributed by atoms with Gasteiger partial charge in [0.05, 0.1) is 5.60 Å². The highest BCUT2D eigenvalue weighted by Gasteiger charge is 2.46. The van der Waals surface area contributed by atoms with Gasteiger partial charge in [0, 0.05) is 37.6 Å². The van der Waals surface area contributed by atoms with E-state index in [1.54, 1.807) is 0 Å². The standard InChI is InChI=1S/C23H31NO2.C2H2O4/c1-22(2)18-23(13-14-26-22,20-11-7-4-8-12-20)21(17-25)16-24-15-19-9-5-3-6-10-19;3-1(4)2(5)6/h3-12,21,24-25H,13-18H2,1-2H3;(H,3,4)(H,5,6). The zero-order valence-corrected chi connectivity index (χ0v) is 18.7. The third-order valence-corrected chi connectivity index (χ3v) is 5.88. The van der Waals surface area contributed by atoms with Crippen LogP contribution in [0.3, 0.4) is 0 Å². The molecule has 1 aliphatic heterocycles. The summed E-state index contributed by atoms with van der Waals surface area (Å²) in [4.78, 5) is 18.2. The lowest BCUT2D eigenvalue weighted by Gasteiger charge is -2.49. The van der Waals surface area contributed by atoms with Crippen LogP contribution >= 0.6 is 0 Å². The van der Waals surface area contributed by atoms with Crippen molar-refractivity contribution in [3.63, 3.8) is 0 Å². The smallest absolute Gasteiger partial charge is 0.414 e. The van der Waals surface area contributed by atoms with Crippen LogP contribution in [0.25, 0.3) is 0 Å². The Labute approximate surface area is 189 Å². The van der Waals surface area contributed by atoms with Crippen LogP contribution in [0.2, 0.25) is 0 Å². The summed E-state index contributed by atoms with van der Waals surface area (Å²) in [7, 11) is 0. The maximum Gasteiger partial charge on any atom is 0.414 e. The van der Waals surface area contributed by atoms with Gasteiger partial charge in [0.2, 0.25) is 0 Å². The van der Waals surface area contributed by atoms with E-state index in [-0.39, 0.29) is 23.5 Å². The largest absolute Gasteiger partial charge is 0.473 e. The Hall–Kier alpha value is -2.74.